The van der Waals surface area contributed by atoms with Crippen LogP contribution in [0, 0.1) is 17.6 Å². The van der Waals surface area contributed by atoms with Crippen LogP contribution in [0.2, 0.25) is 0 Å². The summed E-state index contributed by atoms with van der Waals surface area (Å²) in [5, 5.41) is 2.82. The lowest BCUT2D eigenvalue weighted by atomic mass is 10.1. The van der Waals surface area contributed by atoms with Crippen LogP contribution in [0.1, 0.15) is 37.0 Å². The second-order valence-electron chi connectivity index (χ2n) is 8.45. The molecule has 172 valence electrons. The summed E-state index contributed by atoms with van der Waals surface area (Å²) < 4.78 is 26.6. The summed E-state index contributed by atoms with van der Waals surface area (Å²) in [6, 6.07) is 19.4. The van der Waals surface area contributed by atoms with Gasteiger partial charge < -0.3 is 10.2 Å². The second kappa shape index (κ2) is 11.4. The van der Waals surface area contributed by atoms with Crippen LogP contribution in [0.3, 0.4) is 0 Å². The number of nitrogens with zero attached hydrogens (tertiary/aromatic N) is 1. The molecule has 0 saturated carbocycles. The van der Waals surface area contributed by atoms with E-state index in [2.05, 4.69) is 5.32 Å². The third-order valence-corrected chi connectivity index (χ3v) is 5.13. The number of rotatable bonds is 9. The highest BCUT2D eigenvalue weighted by molar-refractivity contribution is 5.93. The zero-order chi connectivity index (χ0) is 23.8. The maximum absolute atomic E-state index is 13.6. The minimum absolute atomic E-state index is 0.0425. The van der Waals surface area contributed by atoms with E-state index < -0.39 is 0 Å². The van der Waals surface area contributed by atoms with Crippen molar-refractivity contribution in [3.8, 4) is 0 Å². The Morgan fingerprint density at radius 1 is 0.848 bits per heavy atom. The number of anilines is 1. The van der Waals surface area contributed by atoms with Gasteiger partial charge in [-0.3, -0.25) is 9.59 Å². The Morgan fingerprint density at radius 3 is 2.15 bits per heavy atom. The van der Waals surface area contributed by atoms with Crippen molar-refractivity contribution < 1.29 is 18.4 Å². The summed E-state index contributed by atoms with van der Waals surface area (Å²) in [4.78, 5) is 26.8. The molecule has 0 heterocycles. The van der Waals surface area contributed by atoms with Gasteiger partial charge in [-0.15, -0.1) is 0 Å². The molecule has 0 saturated heterocycles. The van der Waals surface area contributed by atoms with Gasteiger partial charge >= 0.3 is 0 Å². The molecule has 3 aromatic rings. The summed E-state index contributed by atoms with van der Waals surface area (Å²) in [7, 11) is 0. The van der Waals surface area contributed by atoms with Gasteiger partial charge in [0.15, 0.2) is 0 Å². The number of carbonyl (C=O) groups is 2. The molecule has 3 aromatic carbocycles. The lowest BCUT2D eigenvalue weighted by molar-refractivity contribution is -0.121. The number of benzene rings is 3. The predicted molar refractivity (Wildman–Crippen MR) is 125 cm³/mol. The van der Waals surface area contributed by atoms with Crippen LogP contribution >= 0.6 is 0 Å². The van der Waals surface area contributed by atoms with E-state index in [1.807, 2.05) is 26.0 Å². The van der Waals surface area contributed by atoms with Crippen LogP contribution in [0.15, 0.2) is 72.8 Å². The zero-order valence-electron chi connectivity index (χ0n) is 18.9. The van der Waals surface area contributed by atoms with Gasteiger partial charge in [-0.05, 0) is 59.0 Å². The number of hydrogen-bond acceptors (Lipinski definition) is 2. The molecule has 0 spiro atoms. The fourth-order valence-corrected chi connectivity index (χ4v) is 3.45. The summed E-state index contributed by atoms with van der Waals surface area (Å²) >= 11 is 0. The Labute approximate surface area is 193 Å². The smallest absolute Gasteiger partial charge is 0.227 e. The Morgan fingerprint density at radius 2 is 1.52 bits per heavy atom. The average Bonchev–Trinajstić information content (AvgIpc) is 2.77. The fourth-order valence-electron chi connectivity index (χ4n) is 3.45. The van der Waals surface area contributed by atoms with Gasteiger partial charge in [0.05, 0.1) is 13.0 Å². The third-order valence-electron chi connectivity index (χ3n) is 5.13. The van der Waals surface area contributed by atoms with E-state index in [1.165, 1.54) is 24.3 Å². The summed E-state index contributed by atoms with van der Waals surface area (Å²) in [5.41, 5.74) is 3.02. The number of amides is 2. The second-order valence-corrected chi connectivity index (χ2v) is 8.45. The molecule has 3 rings (SSSR count). The van der Waals surface area contributed by atoms with Crippen LogP contribution in [-0.4, -0.2) is 11.8 Å². The molecular weight excluding hydrogens is 422 g/mol. The topological polar surface area (TPSA) is 49.4 Å². The standard InChI is InChI=1S/C27H28F2N2O2/c1-19(2)14-27(33)31(18-22-4-3-5-24(29)15-22)25-12-8-20(9-13-25)16-26(32)30-17-21-6-10-23(28)11-7-21/h3-13,15,19H,14,16-18H2,1-2H3,(H,30,32). The number of halogens is 2. The SMILES string of the molecule is CC(C)CC(=O)N(Cc1cccc(F)c1)c1ccc(CC(=O)NCc2ccc(F)cc2)cc1. The molecule has 1 N–H and O–H groups in total. The number of hydrogen-bond donors (Lipinski definition) is 1. The van der Waals surface area contributed by atoms with Gasteiger partial charge in [-0.2, -0.15) is 0 Å². The first-order valence-corrected chi connectivity index (χ1v) is 10.9. The predicted octanol–water partition coefficient (Wildman–Crippen LogP) is 5.40. The zero-order valence-corrected chi connectivity index (χ0v) is 18.9. The normalized spacial score (nSPS) is 10.8. The maximum Gasteiger partial charge on any atom is 0.227 e. The van der Waals surface area contributed by atoms with E-state index >= 15 is 0 Å². The van der Waals surface area contributed by atoms with E-state index in [-0.39, 0.29) is 42.3 Å². The van der Waals surface area contributed by atoms with Crippen molar-refractivity contribution in [2.45, 2.75) is 39.8 Å². The van der Waals surface area contributed by atoms with Crippen molar-refractivity contribution in [3.63, 3.8) is 0 Å². The van der Waals surface area contributed by atoms with E-state index in [1.54, 1.807) is 41.3 Å². The lowest BCUT2D eigenvalue weighted by Crippen LogP contribution is -2.31. The molecule has 0 aliphatic rings. The number of nitrogens with one attached hydrogen (secondary N) is 1. The lowest BCUT2D eigenvalue weighted by Gasteiger charge is -2.24. The Hall–Kier alpha value is -3.54. The first-order chi connectivity index (χ1) is 15.8. The van der Waals surface area contributed by atoms with Crippen molar-refractivity contribution in [1.29, 1.82) is 0 Å². The molecule has 0 fully saturated rings. The van der Waals surface area contributed by atoms with Crippen molar-refractivity contribution in [2.24, 2.45) is 5.92 Å². The largest absolute Gasteiger partial charge is 0.352 e. The highest BCUT2D eigenvalue weighted by Gasteiger charge is 2.18. The first kappa shape index (κ1) is 24.1. The highest BCUT2D eigenvalue weighted by atomic mass is 19.1. The van der Waals surface area contributed by atoms with E-state index in [0.717, 1.165) is 11.1 Å². The van der Waals surface area contributed by atoms with Crippen LogP contribution < -0.4 is 10.2 Å². The molecule has 0 aliphatic carbocycles. The van der Waals surface area contributed by atoms with Gasteiger partial charge in [0.1, 0.15) is 11.6 Å². The molecule has 4 nitrogen and oxygen atoms in total. The molecule has 0 bridgehead atoms. The highest BCUT2D eigenvalue weighted by Crippen LogP contribution is 2.21. The Bertz CT molecular complexity index is 1080. The monoisotopic (exact) mass is 450 g/mol. The van der Waals surface area contributed by atoms with Crippen molar-refractivity contribution in [2.75, 3.05) is 4.90 Å². The van der Waals surface area contributed by atoms with Crippen LogP contribution in [0.25, 0.3) is 0 Å². The first-order valence-electron chi connectivity index (χ1n) is 10.9. The van der Waals surface area contributed by atoms with E-state index in [9.17, 15) is 18.4 Å². The molecule has 0 aromatic heterocycles. The van der Waals surface area contributed by atoms with Crippen molar-refractivity contribution >= 4 is 17.5 Å². The van der Waals surface area contributed by atoms with Crippen LogP contribution in [-0.2, 0) is 29.1 Å². The van der Waals surface area contributed by atoms with Gasteiger partial charge in [-0.1, -0.05) is 50.2 Å². The van der Waals surface area contributed by atoms with Crippen LogP contribution in [0.5, 0.6) is 0 Å². The number of carbonyl (C=O) groups excluding carboxylic acids is 2. The minimum Gasteiger partial charge on any atom is -0.352 e. The molecular formula is C27H28F2N2O2. The van der Waals surface area contributed by atoms with Gasteiger partial charge in [0, 0.05) is 18.7 Å². The summed E-state index contributed by atoms with van der Waals surface area (Å²) in [6.07, 6.45) is 0.564. The molecule has 0 aliphatic heterocycles. The molecule has 33 heavy (non-hydrogen) atoms. The maximum atomic E-state index is 13.6. The van der Waals surface area contributed by atoms with Gasteiger partial charge in [0.25, 0.3) is 0 Å². The van der Waals surface area contributed by atoms with E-state index in [0.29, 0.717) is 24.2 Å². The quantitative estimate of drug-likeness (QED) is 0.474. The summed E-state index contributed by atoms with van der Waals surface area (Å²) in [6.45, 7) is 4.54. The van der Waals surface area contributed by atoms with Crippen molar-refractivity contribution in [1.82, 2.24) is 5.32 Å². The molecule has 0 unspecified atom stereocenters. The molecule has 2 amide bonds. The fraction of sp³-hybridized carbons (Fsp3) is 0.259. The molecule has 6 heteroatoms. The van der Waals surface area contributed by atoms with E-state index in [4.69, 9.17) is 0 Å². The summed E-state index contributed by atoms with van der Waals surface area (Å²) in [5.74, 6) is -0.663. The Balaban J connectivity index is 1.66. The van der Waals surface area contributed by atoms with Gasteiger partial charge in [-0.25, -0.2) is 8.78 Å². The molecule has 0 atom stereocenters. The Kier molecular flexibility index (Phi) is 8.30. The minimum atomic E-state index is -0.342. The van der Waals surface area contributed by atoms with Crippen molar-refractivity contribution in [3.05, 3.63) is 101 Å². The average molecular weight is 451 g/mol. The van der Waals surface area contributed by atoms with Crippen LogP contribution in [0.4, 0.5) is 14.5 Å². The molecule has 0 radical (unpaired) electrons. The van der Waals surface area contributed by atoms with Gasteiger partial charge in [0.2, 0.25) is 11.8 Å². The third kappa shape index (κ3) is 7.52.